The Balaban J connectivity index is 3.46. The Hall–Kier alpha value is -1.24. The zero-order chi connectivity index (χ0) is 18.9. The Morgan fingerprint density at radius 3 is 1.20 bits per heavy atom. The van der Waals surface area contributed by atoms with Crippen LogP contribution in [-0.4, -0.2) is 62.2 Å². The van der Waals surface area contributed by atoms with Crippen LogP contribution in [0, 0.1) is 0 Å². The Kier molecular flexibility index (Phi) is 15.4. The molecule has 0 aliphatic heterocycles. The van der Waals surface area contributed by atoms with Crippen molar-refractivity contribution in [3.63, 3.8) is 0 Å². The maximum atomic E-state index is 11.5. The van der Waals surface area contributed by atoms with Crippen molar-refractivity contribution in [3.05, 3.63) is 0 Å². The van der Waals surface area contributed by atoms with E-state index >= 15 is 0 Å². The topological polar surface area (TPSA) is 105 Å². The number of unbranched alkanes of at least 4 members (excludes halogenated alkanes) is 4. The molecule has 0 saturated heterocycles. The molecule has 0 atom stereocenters. The van der Waals surface area contributed by atoms with Crippen molar-refractivity contribution >= 4 is 48.0 Å². The molecule has 0 fully saturated rings. The predicted molar refractivity (Wildman–Crippen MR) is 88.1 cm³/mol. The minimum atomic E-state index is -2.02. The van der Waals surface area contributed by atoms with Gasteiger partial charge in [0.25, 0.3) is 0 Å². The third kappa shape index (κ3) is 16.0. The third-order valence-corrected chi connectivity index (χ3v) is 5.42. The molecule has 1 radical (unpaired) electrons. The Labute approximate surface area is 160 Å². The van der Waals surface area contributed by atoms with E-state index in [4.69, 9.17) is 5.63 Å². The van der Waals surface area contributed by atoms with E-state index in [9.17, 15) is 19.2 Å². The first-order chi connectivity index (χ1) is 12.0. The molecular weight excluding hydrogens is 529 g/mol. The summed E-state index contributed by atoms with van der Waals surface area (Å²) in [7, 11) is 2.69. The molecule has 0 rings (SSSR count). The van der Waals surface area contributed by atoms with Gasteiger partial charge in [-0.1, -0.05) is 0 Å². The van der Waals surface area contributed by atoms with E-state index in [1.807, 2.05) is 0 Å². The first kappa shape index (κ1) is 23.8. The zero-order valence-corrected chi connectivity index (χ0v) is 18.3. The molecule has 0 amide bonds. The van der Waals surface area contributed by atoms with Crippen molar-refractivity contribution in [1.29, 1.82) is 0 Å². The van der Waals surface area contributed by atoms with Gasteiger partial charge in [-0.3, -0.25) is 0 Å². The van der Waals surface area contributed by atoms with Crippen LogP contribution in [0.15, 0.2) is 0 Å². The van der Waals surface area contributed by atoms with Crippen LogP contribution >= 0.6 is 0 Å². The third-order valence-electron chi connectivity index (χ3n) is 3.26. The summed E-state index contributed by atoms with van der Waals surface area (Å²) in [6.07, 6.45) is 5.29. The molecule has 0 heterocycles. The molecule has 0 aromatic rings. The first-order valence-corrected chi connectivity index (χ1v) is 11.1. The van der Waals surface area contributed by atoms with Gasteiger partial charge in [0.15, 0.2) is 0 Å². The summed E-state index contributed by atoms with van der Waals surface area (Å²) >= 11 is -2.02. The van der Waals surface area contributed by atoms with Crippen molar-refractivity contribution in [1.82, 2.24) is 0 Å². The average molecular weight is 555 g/mol. The van der Waals surface area contributed by atoms with Crippen molar-refractivity contribution in [3.8, 4) is 0 Å². The van der Waals surface area contributed by atoms with Gasteiger partial charge in [0.2, 0.25) is 0 Å². The number of methoxy groups -OCH3 is 2. The van der Waals surface area contributed by atoms with Crippen LogP contribution < -0.4 is 0 Å². The SMILES string of the molecule is COC(=O)CCCCCC(=O)[O][Bi][O]C(=O)CCCCCC(=O)OC. The average Bonchev–Trinajstić information content (AvgIpc) is 2.60. The predicted octanol–water partition coefficient (Wildman–Crippen LogP) is 1.85. The molecular formula is C16H26BiO8. The van der Waals surface area contributed by atoms with Crippen molar-refractivity contribution in [2.24, 2.45) is 0 Å². The number of ether oxygens (including phenoxy) is 2. The summed E-state index contributed by atoms with van der Waals surface area (Å²) in [6.45, 7) is 0. The summed E-state index contributed by atoms with van der Waals surface area (Å²) in [5.41, 5.74) is 0. The summed E-state index contributed by atoms with van der Waals surface area (Å²) in [5, 5.41) is 0. The Morgan fingerprint density at radius 1 is 0.560 bits per heavy atom. The van der Waals surface area contributed by atoms with E-state index in [0.717, 1.165) is 12.8 Å². The standard InChI is InChI=1S/2C8H14O4.Bi/c2*1-12-8(11)6-4-2-3-5-7(9)10;/h2*2-6H2,1H3,(H,9,10);/q;;+2/p-2. The van der Waals surface area contributed by atoms with E-state index < -0.39 is 24.1 Å². The molecule has 0 aliphatic rings. The number of hydrogen-bond acceptors (Lipinski definition) is 8. The van der Waals surface area contributed by atoms with Gasteiger partial charge in [0.05, 0.1) is 0 Å². The van der Waals surface area contributed by atoms with E-state index in [0.29, 0.717) is 38.5 Å². The zero-order valence-electron chi connectivity index (χ0n) is 14.8. The summed E-state index contributed by atoms with van der Waals surface area (Å²) in [5.74, 6) is -1.23. The van der Waals surface area contributed by atoms with Crippen LogP contribution in [0.5, 0.6) is 0 Å². The number of carbonyl (C=O) groups is 4. The van der Waals surface area contributed by atoms with Crippen molar-refractivity contribution in [2.45, 2.75) is 64.2 Å². The fraction of sp³-hybridized carbons (Fsp3) is 0.750. The van der Waals surface area contributed by atoms with E-state index in [1.165, 1.54) is 14.2 Å². The van der Waals surface area contributed by atoms with E-state index in [-0.39, 0.29) is 36.7 Å². The molecule has 0 bridgehead atoms. The van der Waals surface area contributed by atoms with Gasteiger partial charge in [-0.25, -0.2) is 0 Å². The molecule has 0 aromatic heterocycles. The summed E-state index contributed by atoms with van der Waals surface area (Å²) in [6, 6.07) is 0. The summed E-state index contributed by atoms with van der Waals surface area (Å²) in [4.78, 5) is 44.7. The fourth-order valence-corrected chi connectivity index (χ4v) is 3.33. The van der Waals surface area contributed by atoms with Crippen LogP contribution in [-0.2, 0) is 34.3 Å². The number of hydrogen-bond donors (Lipinski definition) is 0. The molecule has 8 nitrogen and oxygen atoms in total. The molecule has 0 aromatic carbocycles. The van der Waals surface area contributed by atoms with Crippen LogP contribution in [0.25, 0.3) is 0 Å². The molecule has 0 spiro atoms. The number of rotatable bonds is 14. The minimum absolute atomic E-state index is 0.255. The second kappa shape index (κ2) is 16.2. The molecule has 0 saturated carbocycles. The second-order valence-corrected chi connectivity index (χ2v) is 7.27. The van der Waals surface area contributed by atoms with Crippen LogP contribution in [0.1, 0.15) is 64.2 Å². The molecule has 0 N–H and O–H groups in total. The Bertz CT molecular complexity index is 386. The van der Waals surface area contributed by atoms with Gasteiger partial charge in [-0.2, -0.15) is 0 Å². The van der Waals surface area contributed by atoms with Gasteiger partial charge in [0.1, 0.15) is 0 Å². The van der Waals surface area contributed by atoms with Gasteiger partial charge >= 0.3 is 161 Å². The monoisotopic (exact) mass is 555 g/mol. The fourth-order valence-electron chi connectivity index (χ4n) is 1.83. The number of carbonyl (C=O) groups excluding carboxylic acids is 4. The van der Waals surface area contributed by atoms with Crippen LogP contribution in [0.4, 0.5) is 0 Å². The van der Waals surface area contributed by atoms with Gasteiger partial charge in [0, 0.05) is 0 Å². The van der Waals surface area contributed by atoms with Crippen molar-refractivity contribution in [2.75, 3.05) is 14.2 Å². The number of esters is 2. The van der Waals surface area contributed by atoms with Crippen LogP contribution in [0.3, 0.4) is 0 Å². The molecule has 143 valence electrons. The van der Waals surface area contributed by atoms with Crippen molar-refractivity contribution < 1.29 is 34.3 Å². The van der Waals surface area contributed by atoms with E-state index in [2.05, 4.69) is 9.47 Å². The molecule has 9 heteroatoms. The summed E-state index contributed by atoms with van der Waals surface area (Å²) < 4.78 is 19.0. The quantitative estimate of drug-likeness (QED) is 0.182. The normalized spacial score (nSPS) is 10.0. The van der Waals surface area contributed by atoms with Crippen LogP contribution in [0.2, 0.25) is 0 Å². The molecule has 0 unspecified atom stereocenters. The Morgan fingerprint density at radius 2 is 0.880 bits per heavy atom. The van der Waals surface area contributed by atoms with E-state index in [1.54, 1.807) is 0 Å². The second-order valence-electron chi connectivity index (χ2n) is 5.27. The molecule has 0 aliphatic carbocycles. The maximum absolute atomic E-state index is 11.5. The van der Waals surface area contributed by atoms with Gasteiger partial charge in [-0.15, -0.1) is 0 Å². The van der Waals surface area contributed by atoms with Gasteiger partial charge < -0.3 is 0 Å². The molecule has 25 heavy (non-hydrogen) atoms. The first-order valence-electron chi connectivity index (χ1n) is 8.23. The van der Waals surface area contributed by atoms with Gasteiger partial charge in [-0.05, 0) is 0 Å².